The zero-order chi connectivity index (χ0) is 8.81. The standard InChI is InChI=1S/C9H15NOS/c1-8(11)7-10-5-4-9-3-2-6-12-9/h2-3,6,8,10-11H,4-5,7H2,1H3/t8-/m0/s1. The monoisotopic (exact) mass is 185 g/mol. The van der Waals surface area contributed by atoms with Crippen LogP contribution in [0, 0.1) is 0 Å². The molecule has 1 atom stereocenters. The molecule has 0 aromatic carbocycles. The molecule has 3 heteroatoms. The van der Waals surface area contributed by atoms with Gasteiger partial charge < -0.3 is 10.4 Å². The Morgan fingerprint density at radius 3 is 3.08 bits per heavy atom. The molecule has 1 aromatic heterocycles. The molecule has 0 radical (unpaired) electrons. The number of nitrogens with one attached hydrogen (secondary N) is 1. The third-order valence-corrected chi connectivity index (χ3v) is 2.50. The molecule has 12 heavy (non-hydrogen) atoms. The average molecular weight is 185 g/mol. The van der Waals surface area contributed by atoms with Gasteiger partial charge in [0.05, 0.1) is 6.10 Å². The number of rotatable bonds is 5. The molecule has 0 bridgehead atoms. The normalized spacial score (nSPS) is 13.2. The second-order valence-electron chi connectivity index (χ2n) is 2.88. The van der Waals surface area contributed by atoms with Gasteiger partial charge in [-0.25, -0.2) is 0 Å². The molecule has 0 aliphatic carbocycles. The smallest absolute Gasteiger partial charge is 0.0636 e. The van der Waals surface area contributed by atoms with Gasteiger partial charge in [-0.2, -0.15) is 0 Å². The van der Waals surface area contributed by atoms with Crippen molar-refractivity contribution in [1.82, 2.24) is 5.32 Å². The topological polar surface area (TPSA) is 32.3 Å². The Morgan fingerprint density at radius 2 is 2.50 bits per heavy atom. The lowest BCUT2D eigenvalue weighted by Crippen LogP contribution is -2.26. The van der Waals surface area contributed by atoms with E-state index in [1.807, 2.05) is 0 Å². The second kappa shape index (κ2) is 5.30. The number of aliphatic hydroxyl groups excluding tert-OH is 1. The highest BCUT2D eigenvalue weighted by Crippen LogP contribution is 2.07. The molecular weight excluding hydrogens is 170 g/mol. The Balaban J connectivity index is 2.04. The lowest BCUT2D eigenvalue weighted by atomic mass is 10.3. The summed E-state index contributed by atoms with van der Waals surface area (Å²) in [6.45, 7) is 3.43. The summed E-state index contributed by atoms with van der Waals surface area (Å²) in [5, 5.41) is 14.2. The van der Waals surface area contributed by atoms with Gasteiger partial charge in [0.1, 0.15) is 0 Å². The quantitative estimate of drug-likeness (QED) is 0.677. The predicted octanol–water partition coefficient (Wildman–Crippen LogP) is 1.26. The molecule has 2 N–H and O–H groups in total. The zero-order valence-corrected chi connectivity index (χ0v) is 8.10. The molecule has 0 amide bonds. The number of hydrogen-bond acceptors (Lipinski definition) is 3. The largest absolute Gasteiger partial charge is 0.392 e. The highest BCUT2D eigenvalue weighted by Gasteiger charge is 1.95. The van der Waals surface area contributed by atoms with E-state index >= 15 is 0 Å². The van der Waals surface area contributed by atoms with Gasteiger partial charge in [-0.05, 0) is 24.8 Å². The van der Waals surface area contributed by atoms with Crippen LogP contribution >= 0.6 is 11.3 Å². The van der Waals surface area contributed by atoms with E-state index in [2.05, 4.69) is 22.8 Å². The van der Waals surface area contributed by atoms with Crippen LogP contribution in [0.2, 0.25) is 0 Å². The Labute approximate surface area is 77.2 Å². The maximum absolute atomic E-state index is 8.95. The minimum atomic E-state index is -0.242. The first-order chi connectivity index (χ1) is 5.79. The molecule has 68 valence electrons. The van der Waals surface area contributed by atoms with Crippen molar-refractivity contribution >= 4 is 11.3 Å². The first-order valence-electron chi connectivity index (χ1n) is 4.20. The number of hydrogen-bond donors (Lipinski definition) is 2. The fourth-order valence-corrected chi connectivity index (χ4v) is 1.69. The van der Waals surface area contributed by atoms with Gasteiger partial charge >= 0.3 is 0 Å². The molecule has 1 rings (SSSR count). The van der Waals surface area contributed by atoms with Crippen LogP contribution in [0.25, 0.3) is 0 Å². The van der Waals surface area contributed by atoms with E-state index in [0.717, 1.165) is 13.0 Å². The second-order valence-corrected chi connectivity index (χ2v) is 3.91. The van der Waals surface area contributed by atoms with Gasteiger partial charge in [-0.3, -0.25) is 0 Å². The summed E-state index contributed by atoms with van der Waals surface area (Å²) in [6, 6.07) is 4.20. The highest BCUT2D eigenvalue weighted by atomic mass is 32.1. The van der Waals surface area contributed by atoms with Crippen molar-refractivity contribution in [3.8, 4) is 0 Å². The van der Waals surface area contributed by atoms with Gasteiger partial charge in [0, 0.05) is 18.0 Å². The maximum atomic E-state index is 8.95. The molecule has 0 unspecified atom stereocenters. The Bertz CT molecular complexity index is 196. The maximum Gasteiger partial charge on any atom is 0.0636 e. The van der Waals surface area contributed by atoms with Crippen LogP contribution in [-0.2, 0) is 6.42 Å². The fraction of sp³-hybridized carbons (Fsp3) is 0.556. The summed E-state index contributed by atoms with van der Waals surface area (Å²) in [6.07, 6.45) is 0.818. The molecule has 0 saturated carbocycles. The van der Waals surface area contributed by atoms with Gasteiger partial charge in [-0.15, -0.1) is 11.3 Å². The third kappa shape index (κ3) is 3.85. The Hall–Kier alpha value is -0.380. The molecule has 2 nitrogen and oxygen atoms in total. The third-order valence-electron chi connectivity index (χ3n) is 1.57. The van der Waals surface area contributed by atoms with E-state index in [0.29, 0.717) is 6.54 Å². The van der Waals surface area contributed by atoms with Crippen molar-refractivity contribution < 1.29 is 5.11 Å². The van der Waals surface area contributed by atoms with Crippen molar-refractivity contribution in [2.75, 3.05) is 13.1 Å². The molecule has 1 heterocycles. The fourth-order valence-electron chi connectivity index (χ4n) is 0.977. The molecule has 0 fully saturated rings. The summed E-state index contributed by atoms with van der Waals surface area (Å²) >= 11 is 1.78. The van der Waals surface area contributed by atoms with Gasteiger partial charge in [0.25, 0.3) is 0 Å². The Morgan fingerprint density at radius 1 is 1.67 bits per heavy atom. The number of aliphatic hydroxyl groups is 1. The van der Waals surface area contributed by atoms with E-state index in [-0.39, 0.29) is 6.10 Å². The van der Waals surface area contributed by atoms with Gasteiger partial charge in [-0.1, -0.05) is 6.07 Å². The van der Waals surface area contributed by atoms with E-state index in [1.54, 1.807) is 18.3 Å². The molecular formula is C9H15NOS. The predicted molar refractivity (Wildman–Crippen MR) is 52.6 cm³/mol. The van der Waals surface area contributed by atoms with Crippen LogP contribution in [0.5, 0.6) is 0 Å². The SMILES string of the molecule is C[C@H](O)CNCCc1cccs1. The number of thiophene rings is 1. The van der Waals surface area contributed by atoms with Gasteiger partial charge in [0.15, 0.2) is 0 Å². The molecule has 0 spiro atoms. The van der Waals surface area contributed by atoms with Crippen LogP contribution in [0.1, 0.15) is 11.8 Å². The average Bonchev–Trinajstić information content (AvgIpc) is 2.49. The summed E-state index contributed by atoms with van der Waals surface area (Å²) in [5.41, 5.74) is 0. The van der Waals surface area contributed by atoms with Crippen LogP contribution in [0.4, 0.5) is 0 Å². The summed E-state index contributed by atoms with van der Waals surface area (Å²) in [5.74, 6) is 0. The summed E-state index contributed by atoms with van der Waals surface area (Å²) in [4.78, 5) is 1.40. The molecule has 0 saturated heterocycles. The van der Waals surface area contributed by atoms with E-state index in [9.17, 15) is 0 Å². The lowest BCUT2D eigenvalue weighted by Gasteiger charge is -2.04. The van der Waals surface area contributed by atoms with Crippen LogP contribution in [-0.4, -0.2) is 24.3 Å². The minimum absolute atomic E-state index is 0.242. The molecule has 1 aromatic rings. The molecule has 0 aliphatic heterocycles. The summed E-state index contributed by atoms with van der Waals surface area (Å²) < 4.78 is 0. The van der Waals surface area contributed by atoms with E-state index < -0.39 is 0 Å². The van der Waals surface area contributed by atoms with Crippen molar-refractivity contribution in [2.45, 2.75) is 19.4 Å². The highest BCUT2D eigenvalue weighted by molar-refractivity contribution is 7.09. The summed E-state index contributed by atoms with van der Waals surface area (Å²) in [7, 11) is 0. The van der Waals surface area contributed by atoms with E-state index in [4.69, 9.17) is 5.11 Å². The zero-order valence-electron chi connectivity index (χ0n) is 7.29. The Kier molecular flexibility index (Phi) is 4.29. The van der Waals surface area contributed by atoms with Crippen LogP contribution in [0.15, 0.2) is 17.5 Å². The van der Waals surface area contributed by atoms with Gasteiger partial charge in [0.2, 0.25) is 0 Å². The minimum Gasteiger partial charge on any atom is -0.392 e. The van der Waals surface area contributed by atoms with Crippen molar-refractivity contribution in [1.29, 1.82) is 0 Å². The first kappa shape index (κ1) is 9.71. The van der Waals surface area contributed by atoms with E-state index in [1.165, 1.54) is 4.88 Å². The van der Waals surface area contributed by atoms with Crippen molar-refractivity contribution in [3.63, 3.8) is 0 Å². The van der Waals surface area contributed by atoms with Crippen molar-refractivity contribution in [3.05, 3.63) is 22.4 Å². The van der Waals surface area contributed by atoms with Crippen LogP contribution < -0.4 is 5.32 Å². The first-order valence-corrected chi connectivity index (χ1v) is 5.08. The van der Waals surface area contributed by atoms with Crippen molar-refractivity contribution in [2.24, 2.45) is 0 Å². The van der Waals surface area contributed by atoms with Crippen LogP contribution in [0.3, 0.4) is 0 Å². The lowest BCUT2D eigenvalue weighted by molar-refractivity contribution is 0.192. The molecule has 0 aliphatic rings.